The fraction of sp³-hybridized carbons (Fsp3) is 0.333. The van der Waals surface area contributed by atoms with Gasteiger partial charge in [0.25, 0.3) is 11.8 Å². The van der Waals surface area contributed by atoms with E-state index in [4.69, 9.17) is 9.47 Å². The number of aryl methyl sites for hydroxylation is 2. The molecule has 1 N–H and O–H groups in total. The average Bonchev–Trinajstić information content (AvgIpc) is 2.71. The third kappa shape index (κ3) is 4.91. The summed E-state index contributed by atoms with van der Waals surface area (Å²) in [5.74, 6) is 0.200. The quantitative estimate of drug-likeness (QED) is 0.762. The fourth-order valence-electron chi connectivity index (χ4n) is 3.04. The number of halogens is 1. The van der Waals surface area contributed by atoms with E-state index in [9.17, 15) is 9.59 Å². The van der Waals surface area contributed by atoms with E-state index < -0.39 is 0 Å². The van der Waals surface area contributed by atoms with Gasteiger partial charge in [-0.05, 0) is 49.2 Å². The van der Waals surface area contributed by atoms with Crippen LogP contribution in [0.3, 0.4) is 0 Å². The summed E-state index contributed by atoms with van der Waals surface area (Å²) in [4.78, 5) is 26.9. The molecule has 0 spiro atoms. The molecule has 148 valence electrons. The molecule has 1 saturated heterocycles. The van der Waals surface area contributed by atoms with Crippen molar-refractivity contribution < 1.29 is 19.1 Å². The Morgan fingerprint density at radius 3 is 2.46 bits per heavy atom. The number of anilines is 1. The largest absolute Gasteiger partial charge is 0.484 e. The van der Waals surface area contributed by atoms with Crippen molar-refractivity contribution in [3.8, 4) is 5.75 Å². The van der Waals surface area contributed by atoms with Crippen molar-refractivity contribution in [1.29, 1.82) is 0 Å². The van der Waals surface area contributed by atoms with Crippen LogP contribution in [0.1, 0.15) is 21.5 Å². The summed E-state index contributed by atoms with van der Waals surface area (Å²) in [5, 5.41) is 2.79. The van der Waals surface area contributed by atoms with Crippen LogP contribution in [0.4, 0.5) is 5.69 Å². The molecule has 0 saturated carbocycles. The van der Waals surface area contributed by atoms with Gasteiger partial charge in [0.15, 0.2) is 6.61 Å². The smallest absolute Gasteiger partial charge is 0.262 e. The molecule has 1 aliphatic rings. The van der Waals surface area contributed by atoms with Crippen LogP contribution in [0, 0.1) is 13.8 Å². The normalized spacial score (nSPS) is 13.9. The number of rotatable bonds is 5. The Kier molecular flexibility index (Phi) is 6.70. The number of para-hydroxylation sites is 1. The van der Waals surface area contributed by atoms with Gasteiger partial charge < -0.3 is 19.7 Å². The second-order valence-electron chi connectivity index (χ2n) is 6.66. The van der Waals surface area contributed by atoms with Crippen molar-refractivity contribution >= 4 is 33.4 Å². The minimum absolute atomic E-state index is 0.112. The van der Waals surface area contributed by atoms with Gasteiger partial charge >= 0.3 is 0 Å². The van der Waals surface area contributed by atoms with Crippen LogP contribution in [-0.4, -0.2) is 49.6 Å². The van der Waals surface area contributed by atoms with E-state index in [-0.39, 0.29) is 18.4 Å². The summed E-state index contributed by atoms with van der Waals surface area (Å²) >= 11 is 3.51. The highest BCUT2D eigenvalue weighted by molar-refractivity contribution is 9.10. The van der Waals surface area contributed by atoms with Crippen LogP contribution in [-0.2, 0) is 9.53 Å². The molecule has 0 aromatic heterocycles. The lowest BCUT2D eigenvalue weighted by molar-refractivity contribution is -0.118. The number of amides is 2. The SMILES string of the molecule is Cc1cc(OCC(=O)Nc2ccccc2C(=O)N2CCOCC2)cc(C)c1Br. The summed E-state index contributed by atoms with van der Waals surface area (Å²) in [6, 6.07) is 10.8. The molecular formula is C21H23BrN2O4. The Hall–Kier alpha value is -2.38. The molecule has 0 atom stereocenters. The molecule has 2 aromatic rings. The lowest BCUT2D eigenvalue weighted by atomic mass is 10.1. The number of morpholine rings is 1. The molecule has 1 aliphatic heterocycles. The van der Waals surface area contributed by atoms with E-state index in [2.05, 4.69) is 21.2 Å². The molecule has 28 heavy (non-hydrogen) atoms. The van der Waals surface area contributed by atoms with Gasteiger partial charge in [-0.15, -0.1) is 0 Å². The van der Waals surface area contributed by atoms with Crippen LogP contribution in [0.2, 0.25) is 0 Å². The zero-order valence-corrected chi connectivity index (χ0v) is 17.5. The highest BCUT2D eigenvalue weighted by Crippen LogP contribution is 2.26. The van der Waals surface area contributed by atoms with Gasteiger partial charge in [-0.25, -0.2) is 0 Å². The zero-order chi connectivity index (χ0) is 20.1. The Morgan fingerprint density at radius 2 is 1.79 bits per heavy atom. The molecule has 1 fully saturated rings. The minimum atomic E-state index is -0.319. The number of carbonyl (C=O) groups excluding carboxylic acids is 2. The summed E-state index contributed by atoms with van der Waals surface area (Å²) in [6.07, 6.45) is 0. The molecule has 0 unspecified atom stereocenters. The molecule has 0 radical (unpaired) electrons. The summed E-state index contributed by atoms with van der Waals surface area (Å²) in [7, 11) is 0. The van der Waals surface area contributed by atoms with Crippen molar-refractivity contribution in [3.63, 3.8) is 0 Å². The topological polar surface area (TPSA) is 67.9 Å². The van der Waals surface area contributed by atoms with E-state index >= 15 is 0 Å². The van der Waals surface area contributed by atoms with Gasteiger partial charge in [0.05, 0.1) is 24.5 Å². The van der Waals surface area contributed by atoms with Gasteiger partial charge in [-0.3, -0.25) is 9.59 Å². The molecule has 6 nitrogen and oxygen atoms in total. The summed E-state index contributed by atoms with van der Waals surface area (Å²) in [6.45, 7) is 5.95. The molecule has 7 heteroatoms. The third-order valence-corrected chi connectivity index (χ3v) is 5.76. The van der Waals surface area contributed by atoms with Crippen molar-refractivity contribution in [2.75, 3.05) is 38.2 Å². The van der Waals surface area contributed by atoms with Crippen LogP contribution in [0.25, 0.3) is 0 Å². The minimum Gasteiger partial charge on any atom is -0.484 e. The lowest BCUT2D eigenvalue weighted by Gasteiger charge is -2.27. The van der Waals surface area contributed by atoms with E-state index in [1.54, 1.807) is 29.2 Å². The maximum absolute atomic E-state index is 12.8. The van der Waals surface area contributed by atoms with Gasteiger partial charge in [0.2, 0.25) is 0 Å². The summed E-state index contributed by atoms with van der Waals surface area (Å²) < 4.78 is 12.0. The number of nitrogens with zero attached hydrogens (tertiary/aromatic N) is 1. The third-order valence-electron chi connectivity index (χ3n) is 4.51. The number of benzene rings is 2. The molecule has 1 heterocycles. The predicted octanol–water partition coefficient (Wildman–Crippen LogP) is 3.56. The van der Waals surface area contributed by atoms with Crippen molar-refractivity contribution in [1.82, 2.24) is 4.90 Å². The van der Waals surface area contributed by atoms with Crippen LogP contribution in [0.5, 0.6) is 5.75 Å². The van der Waals surface area contributed by atoms with Gasteiger partial charge in [-0.2, -0.15) is 0 Å². The fourth-order valence-corrected chi connectivity index (χ4v) is 3.27. The standard InChI is InChI=1S/C21H23BrN2O4/c1-14-11-16(12-15(2)20(14)22)28-13-19(25)23-18-6-4-3-5-17(18)21(26)24-7-9-27-10-8-24/h3-6,11-12H,7-10,13H2,1-2H3,(H,23,25). The van der Waals surface area contributed by atoms with Crippen molar-refractivity contribution in [2.24, 2.45) is 0 Å². The van der Waals surface area contributed by atoms with Gasteiger partial charge in [-0.1, -0.05) is 28.1 Å². The highest BCUT2D eigenvalue weighted by atomic mass is 79.9. The number of carbonyl (C=O) groups is 2. The number of hydrogen-bond acceptors (Lipinski definition) is 4. The van der Waals surface area contributed by atoms with E-state index in [1.165, 1.54) is 0 Å². The number of ether oxygens (including phenoxy) is 2. The Balaban J connectivity index is 1.65. The van der Waals surface area contributed by atoms with Crippen molar-refractivity contribution in [3.05, 3.63) is 57.6 Å². The second kappa shape index (κ2) is 9.21. The van der Waals surface area contributed by atoms with Crippen molar-refractivity contribution in [2.45, 2.75) is 13.8 Å². The average molecular weight is 447 g/mol. The predicted molar refractivity (Wildman–Crippen MR) is 111 cm³/mol. The monoisotopic (exact) mass is 446 g/mol. The first-order chi connectivity index (χ1) is 13.5. The maximum atomic E-state index is 12.8. The van der Waals surface area contributed by atoms with E-state index in [0.29, 0.717) is 43.3 Å². The first-order valence-corrected chi connectivity index (χ1v) is 9.90. The van der Waals surface area contributed by atoms with E-state index in [0.717, 1.165) is 15.6 Å². The van der Waals surface area contributed by atoms with Crippen LogP contribution >= 0.6 is 15.9 Å². The van der Waals surface area contributed by atoms with E-state index in [1.807, 2.05) is 26.0 Å². The van der Waals surface area contributed by atoms with Gasteiger partial charge in [0, 0.05) is 17.6 Å². The number of hydrogen-bond donors (Lipinski definition) is 1. The molecule has 0 aliphatic carbocycles. The first kappa shape index (κ1) is 20.4. The zero-order valence-electron chi connectivity index (χ0n) is 16.0. The Labute approximate surface area is 172 Å². The van der Waals surface area contributed by atoms with Gasteiger partial charge in [0.1, 0.15) is 5.75 Å². The molecule has 2 aromatic carbocycles. The molecular weight excluding hydrogens is 424 g/mol. The first-order valence-electron chi connectivity index (χ1n) is 9.11. The maximum Gasteiger partial charge on any atom is 0.262 e. The summed E-state index contributed by atoms with van der Waals surface area (Å²) in [5.41, 5.74) is 3.03. The van der Waals surface area contributed by atoms with Crippen LogP contribution in [0.15, 0.2) is 40.9 Å². The molecule has 3 rings (SSSR count). The Morgan fingerprint density at radius 1 is 1.14 bits per heavy atom. The lowest BCUT2D eigenvalue weighted by Crippen LogP contribution is -2.41. The Bertz CT molecular complexity index is 855. The highest BCUT2D eigenvalue weighted by Gasteiger charge is 2.21. The molecule has 0 bridgehead atoms. The molecule has 2 amide bonds. The number of nitrogens with one attached hydrogen (secondary N) is 1. The van der Waals surface area contributed by atoms with Crippen LogP contribution < -0.4 is 10.1 Å². The second-order valence-corrected chi connectivity index (χ2v) is 7.45.